The van der Waals surface area contributed by atoms with Crippen LogP contribution in [-0.2, 0) is 16.4 Å². The van der Waals surface area contributed by atoms with Gasteiger partial charge in [0.1, 0.15) is 22.3 Å². The fraction of sp³-hybridized carbons (Fsp3) is 0.0870. The van der Waals surface area contributed by atoms with Gasteiger partial charge in [-0.3, -0.25) is 4.79 Å². The van der Waals surface area contributed by atoms with Gasteiger partial charge in [0.05, 0.1) is 29.5 Å². The van der Waals surface area contributed by atoms with Crippen molar-refractivity contribution in [3.05, 3.63) is 100 Å². The fourth-order valence-corrected chi connectivity index (χ4v) is 4.72. The molecular formula is C23H17F2NO4S. The molecule has 5 nitrogen and oxygen atoms in total. The lowest BCUT2D eigenvalue weighted by atomic mass is 10.1. The van der Waals surface area contributed by atoms with E-state index in [0.29, 0.717) is 16.8 Å². The molecule has 3 aromatic carbocycles. The van der Waals surface area contributed by atoms with E-state index in [1.165, 1.54) is 30.0 Å². The van der Waals surface area contributed by atoms with Crippen molar-refractivity contribution in [2.75, 3.05) is 7.11 Å². The Morgan fingerprint density at radius 3 is 2.35 bits per heavy atom. The molecule has 0 atom stereocenters. The van der Waals surface area contributed by atoms with Crippen LogP contribution in [0.3, 0.4) is 0 Å². The molecule has 1 aromatic heterocycles. The number of halogens is 2. The van der Waals surface area contributed by atoms with E-state index in [1.54, 1.807) is 30.3 Å². The summed E-state index contributed by atoms with van der Waals surface area (Å²) < 4.78 is 60.6. The van der Waals surface area contributed by atoms with Gasteiger partial charge < -0.3 is 9.30 Å². The van der Waals surface area contributed by atoms with Crippen LogP contribution in [0.5, 0.6) is 5.75 Å². The van der Waals surface area contributed by atoms with Crippen molar-refractivity contribution in [2.45, 2.75) is 16.3 Å². The van der Waals surface area contributed by atoms with Gasteiger partial charge in [0.25, 0.3) is 0 Å². The topological polar surface area (TPSA) is 65.4 Å². The Morgan fingerprint density at radius 1 is 0.968 bits per heavy atom. The predicted molar refractivity (Wildman–Crippen MR) is 112 cm³/mol. The second kappa shape index (κ2) is 7.96. The number of ether oxygens (including phenoxy) is 1. The molecule has 0 aliphatic heterocycles. The van der Waals surface area contributed by atoms with Crippen LogP contribution in [-0.4, -0.2) is 20.1 Å². The molecule has 0 spiro atoms. The number of nitrogens with zero attached hydrogens (tertiary/aromatic N) is 1. The average molecular weight is 441 g/mol. The molecule has 0 saturated carbocycles. The summed E-state index contributed by atoms with van der Waals surface area (Å²) >= 11 is 0. The van der Waals surface area contributed by atoms with Gasteiger partial charge in [-0.1, -0.05) is 18.2 Å². The van der Waals surface area contributed by atoms with Crippen LogP contribution in [0.1, 0.15) is 5.56 Å². The molecule has 0 aliphatic rings. The Hall–Kier alpha value is -3.52. The Balaban J connectivity index is 1.99. The van der Waals surface area contributed by atoms with Gasteiger partial charge in [-0.15, -0.1) is 0 Å². The van der Waals surface area contributed by atoms with Gasteiger partial charge in [-0.05, 0) is 48.5 Å². The molecule has 0 fully saturated rings. The smallest absolute Gasteiger partial charge is 0.211 e. The van der Waals surface area contributed by atoms with Crippen LogP contribution in [0.25, 0.3) is 10.9 Å². The van der Waals surface area contributed by atoms with Gasteiger partial charge in [-0.25, -0.2) is 17.2 Å². The van der Waals surface area contributed by atoms with E-state index in [9.17, 15) is 22.0 Å². The van der Waals surface area contributed by atoms with Crippen LogP contribution < -0.4 is 10.2 Å². The first-order valence-electron chi connectivity index (χ1n) is 9.26. The number of sulfone groups is 1. The van der Waals surface area contributed by atoms with E-state index in [0.717, 1.165) is 24.3 Å². The van der Waals surface area contributed by atoms with Crippen molar-refractivity contribution in [3.63, 3.8) is 0 Å². The molecule has 8 heteroatoms. The summed E-state index contributed by atoms with van der Waals surface area (Å²) in [6, 6.07) is 15.0. The van der Waals surface area contributed by atoms with Crippen LogP contribution in [0.15, 0.2) is 87.5 Å². The van der Waals surface area contributed by atoms with Crippen molar-refractivity contribution < 1.29 is 21.9 Å². The molecule has 4 aromatic rings. The first-order valence-corrected chi connectivity index (χ1v) is 10.7. The lowest BCUT2D eigenvalue weighted by molar-refractivity contribution is 0.415. The summed E-state index contributed by atoms with van der Waals surface area (Å²) in [6.07, 6.45) is 1.20. The first-order chi connectivity index (χ1) is 14.8. The third-order valence-corrected chi connectivity index (χ3v) is 6.73. The highest BCUT2D eigenvalue weighted by molar-refractivity contribution is 7.91. The van der Waals surface area contributed by atoms with Crippen molar-refractivity contribution >= 4 is 20.7 Å². The number of fused-ring (bicyclic) bond motifs is 1. The molecule has 0 bridgehead atoms. The normalized spacial score (nSPS) is 11.6. The molecule has 0 amide bonds. The SMILES string of the molecule is COc1ccc2c(c1)c(=O)c(S(=O)(=O)c1ccc(F)cc1)cn2Cc1ccccc1F. The lowest BCUT2D eigenvalue weighted by Crippen LogP contribution is -2.20. The van der Waals surface area contributed by atoms with Gasteiger partial charge in [-0.2, -0.15) is 0 Å². The molecule has 31 heavy (non-hydrogen) atoms. The number of hydrogen-bond acceptors (Lipinski definition) is 4. The zero-order valence-electron chi connectivity index (χ0n) is 16.4. The molecule has 0 saturated heterocycles. The largest absolute Gasteiger partial charge is 0.497 e. The van der Waals surface area contributed by atoms with Crippen molar-refractivity contribution in [1.29, 1.82) is 0 Å². The Kier molecular flexibility index (Phi) is 5.32. The molecular weight excluding hydrogens is 424 g/mol. The quantitative estimate of drug-likeness (QED) is 0.436. The Bertz CT molecular complexity index is 1450. The molecule has 4 rings (SSSR count). The Morgan fingerprint density at radius 2 is 1.68 bits per heavy atom. The van der Waals surface area contributed by atoms with Gasteiger partial charge in [0.2, 0.25) is 15.3 Å². The standard InChI is InChI=1S/C23H17F2NO4S/c1-30-17-8-11-21-19(12-17)23(27)22(31(28,29)18-9-6-16(24)7-10-18)14-26(21)13-15-4-2-3-5-20(15)25/h2-12,14H,13H2,1H3. The van der Waals surface area contributed by atoms with Crippen molar-refractivity contribution in [2.24, 2.45) is 0 Å². The fourth-order valence-electron chi connectivity index (χ4n) is 3.35. The van der Waals surface area contributed by atoms with E-state index < -0.39 is 31.8 Å². The maximum atomic E-state index is 14.3. The maximum Gasteiger partial charge on any atom is 0.211 e. The van der Waals surface area contributed by atoms with Crippen molar-refractivity contribution in [1.82, 2.24) is 4.57 Å². The summed E-state index contributed by atoms with van der Waals surface area (Å²) in [7, 11) is -2.83. The van der Waals surface area contributed by atoms with E-state index in [1.807, 2.05) is 0 Å². The number of rotatable bonds is 5. The molecule has 0 N–H and O–H groups in total. The molecule has 158 valence electrons. The Labute approximate surface area is 177 Å². The number of hydrogen-bond donors (Lipinski definition) is 0. The lowest BCUT2D eigenvalue weighted by Gasteiger charge is -2.15. The van der Waals surface area contributed by atoms with Crippen LogP contribution in [0.2, 0.25) is 0 Å². The monoisotopic (exact) mass is 441 g/mol. The van der Waals surface area contributed by atoms with E-state index in [-0.39, 0.29) is 16.8 Å². The van der Waals surface area contributed by atoms with Crippen LogP contribution in [0.4, 0.5) is 8.78 Å². The minimum atomic E-state index is -4.26. The second-order valence-electron chi connectivity index (χ2n) is 6.88. The maximum absolute atomic E-state index is 14.3. The number of aromatic nitrogens is 1. The molecule has 0 radical (unpaired) electrons. The third-order valence-electron chi connectivity index (χ3n) is 4.97. The summed E-state index contributed by atoms with van der Waals surface area (Å²) in [4.78, 5) is 12.5. The summed E-state index contributed by atoms with van der Waals surface area (Å²) in [5.41, 5.74) is 0.0310. The summed E-state index contributed by atoms with van der Waals surface area (Å²) in [6.45, 7) is 0.00171. The van der Waals surface area contributed by atoms with Crippen molar-refractivity contribution in [3.8, 4) is 5.75 Å². The minimum Gasteiger partial charge on any atom is -0.497 e. The van der Waals surface area contributed by atoms with Gasteiger partial charge in [0.15, 0.2) is 0 Å². The average Bonchev–Trinajstić information content (AvgIpc) is 2.77. The molecule has 1 heterocycles. The third kappa shape index (κ3) is 3.82. The highest BCUT2D eigenvalue weighted by atomic mass is 32.2. The zero-order valence-corrected chi connectivity index (χ0v) is 17.2. The van der Waals surface area contributed by atoms with E-state index in [4.69, 9.17) is 4.74 Å². The summed E-state index contributed by atoms with van der Waals surface area (Å²) in [5, 5.41) is 0.110. The summed E-state index contributed by atoms with van der Waals surface area (Å²) in [5.74, 6) is -0.677. The molecule has 0 aliphatic carbocycles. The van der Waals surface area contributed by atoms with Crippen LogP contribution >= 0.6 is 0 Å². The number of pyridine rings is 1. The minimum absolute atomic E-state index is 0.00171. The number of methoxy groups -OCH3 is 1. The highest BCUT2D eigenvalue weighted by Gasteiger charge is 2.24. The second-order valence-corrected chi connectivity index (χ2v) is 8.80. The van der Waals surface area contributed by atoms with Gasteiger partial charge in [0, 0.05) is 11.8 Å². The van der Waals surface area contributed by atoms with E-state index >= 15 is 0 Å². The highest BCUT2D eigenvalue weighted by Crippen LogP contribution is 2.25. The first kappa shape index (κ1) is 20.7. The van der Waals surface area contributed by atoms with Gasteiger partial charge >= 0.3 is 0 Å². The predicted octanol–water partition coefficient (Wildman–Crippen LogP) is 4.17. The zero-order chi connectivity index (χ0) is 22.2. The van der Waals surface area contributed by atoms with Crippen LogP contribution in [0, 0.1) is 11.6 Å². The molecule has 0 unspecified atom stereocenters. The van der Waals surface area contributed by atoms with E-state index in [2.05, 4.69) is 0 Å². The number of benzene rings is 3.